The van der Waals surface area contributed by atoms with Crippen LogP contribution in [0.4, 0.5) is 4.39 Å². The Balaban J connectivity index is 1.26. The minimum atomic E-state index is -0.286. The normalized spacial score (nSPS) is 13.1. The molecule has 7 heteroatoms. The van der Waals surface area contributed by atoms with Gasteiger partial charge in [-0.25, -0.2) is 4.39 Å². The number of nitrogens with zero attached hydrogens (tertiary/aromatic N) is 4. The molecule has 166 valence electrons. The van der Waals surface area contributed by atoms with Gasteiger partial charge in [0.2, 0.25) is 5.91 Å². The number of hydrogen-bond donors (Lipinski definition) is 1. The third kappa shape index (κ3) is 4.68. The van der Waals surface area contributed by atoms with Crippen LogP contribution < -0.4 is 5.32 Å². The topological polar surface area (TPSA) is 63.1 Å². The van der Waals surface area contributed by atoms with Crippen molar-refractivity contribution in [2.24, 2.45) is 0 Å². The quantitative estimate of drug-likeness (QED) is 0.473. The standard InChI is InChI=1S/C26H24FN5O/c27-23-7-5-20(6-8-23)26-24(19-9-11-28-12-10-19)15-30-32(26)14-13-29-25(33)18-31-16-21-3-1-2-4-22(21)17-31/h1-12,15H,13-14,16-18H2,(H,29,33). The van der Waals surface area contributed by atoms with Gasteiger partial charge in [0.05, 0.1) is 25.0 Å². The highest BCUT2D eigenvalue weighted by molar-refractivity contribution is 5.80. The van der Waals surface area contributed by atoms with Crippen molar-refractivity contribution in [1.29, 1.82) is 0 Å². The number of benzene rings is 2. The minimum absolute atomic E-state index is 0.00680. The number of halogens is 1. The largest absolute Gasteiger partial charge is 0.353 e. The predicted molar refractivity (Wildman–Crippen MR) is 124 cm³/mol. The second-order valence-corrected chi connectivity index (χ2v) is 8.14. The first-order chi connectivity index (χ1) is 16.2. The van der Waals surface area contributed by atoms with Crippen molar-refractivity contribution >= 4 is 5.91 Å². The molecule has 1 aliphatic rings. The van der Waals surface area contributed by atoms with Crippen molar-refractivity contribution in [3.63, 3.8) is 0 Å². The third-order valence-corrected chi connectivity index (χ3v) is 5.87. The molecule has 1 aliphatic heterocycles. The van der Waals surface area contributed by atoms with Gasteiger partial charge in [0.25, 0.3) is 0 Å². The molecule has 1 N–H and O–H groups in total. The summed E-state index contributed by atoms with van der Waals surface area (Å²) in [5.74, 6) is -0.292. The monoisotopic (exact) mass is 441 g/mol. The number of hydrogen-bond acceptors (Lipinski definition) is 4. The lowest BCUT2D eigenvalue weighted by atomic mass is 10.0. The van der Waals surface area contributed by atoms with E-state index in [0.717, 1.165) is 35.5 Å². The fraction of sp³-hybridized carbons (Fsp3) is 0.192. The number of amides is 1. The number of aromatic nitrogens is 3. The van der Waals surface area contributed by atoms with Gasteiger partial charge < -0.3 is 5.32 Å². The van der Waals surface area contributed by atoms with Crippen molar-refractivity contribution < 1.29 is 9.18 Å². The Morgan fingerprint density at radius 1 is 0.939 bits per heavy atom. The zero-order valence-corrected chi connectivity index (χ0v) is 18.1. The van der Waals surface area contributed by atoms with E-state index in [1.165, 1.54) is 23.3 Å². The smallest absolute Gasteiger partial charge is 0.234 e. The summed E-state index contributed by atoms with van der Waals surface area (Å²) >= 11 is 0. The van der Waals surface area contributed by atoms with Gasteiger partial charge in [-0.3, -0.25) is 19.4 Å². The summed E-state index contributed by atoms with van der Waals surface area (Å²) in [6, 6.07) is 18.5. The molecule has 0 spiro atoms. The van der Waals surface area contributed by atoms with Crippen molar-refractivity contribution in [2.75, 3.05) is 13.1 Å². The molecule has 0 radical (unpaired) electrons. The lowest BCUT2D eigenvalue weighted by molar-refractivity contribution is -0.122. The first-order valence-corrected chi connectivity index (χ1v) is 11.0. The lowest BCUT2D eigenvalue weighted by Gasteiger charge is -2.15. The van der Waals surface area contributed by atoms with Crippen LogP contribution in [0.15, 0.2) is 79.3 Å². The summed E-state index contributed by atoms with van der Waals surface area (Å²) in [6.07, 6.45) is 5.27. The van der Waals surface area contributed by atoms with Gasteiger partial charge in [-0.05, 0) is 53.1 Å². The molecule has 0 aliphatic carbocycles. The van der Waals surface area contributed by atoms with E-state index >= 15 is 0 Å². The van der Waals surface area contributed by atoms with Gasteiger partial charge >= 0.3 is 0 Å². The number of rotatable bonds is 7. The number of pyridine rings is 1. The van der Waals surface area contributed by atoms with E-state index in [0.29, 0.717) is 19.6 Å². The molecule has 0 unspecified atom stereocenters. The predicted octanol–water partition coefficient (Wildman–Crippen LogP) is 3.88. The first-order valence-electron chi connectivity index (χ1n) is 11.0. The molecule has 5 rings (SSSR count). The summed E-state index contributed by atoms with van der Waals surface area (Å²) in [4.78, 5) is 18.8. The van der Waals surface area contributed by atoms with E-state index in [9.17, 15) is 9.18 Å². The van der Waals surface area contributed by atoms with E-state index in [1.807, 2.05) is 28.9 Å². The molecule has 0 saturated carbocycles. The molecular formula is C26H24FN5O. The second kappa shape index (κ2) is 9.34. The van der Waals surface area contributed by atoms with Gasteiger partial charge in [-0.1, -0.05) is 24.3 Å². The van der Waals surface area contributed by atoms with Crippen LogP contribution >= 0.6 is 0 Å². The van der Waals surface area contributed by atoms with E-state index in [2.05, 4.69) is 32.4 Å². The van der Waals surface area contributed by atoms with Gasteiger partial charge in [0.15, 0.2) is 0 Å². The van der Waals surface area contributed by atoms with Gasteiger partial charge in [0, 0.05) is 43.2 Å². The van der Waals surface area contributed by atoms with Crippen molar-refractivity contribution in [1.82, 2.24) is 25.0 Å². The van der Waals surface area contributed by atoms with E-state index in [4.69, 9.17) is 0 Å². The minimum Gasteiger partial charge on any atom is -0.353 e. The maximum absolute atomic E-state index is 13.5. The molecule has 3 heterocycles. The molecule has 4 aromatic rings. The van der Waals surface area contributed by atoms with Crippen LogP contribution in [0.1, 0.15) is 11.1 Å². The van der Waals surface area contributed by atoms with Gasteiger partial charge in [0.1, 0.15) is 5.82 Å². The summed E-state index contributed by atoms with van der Waals surface area (Å²) in [5.41, 5.74) is 6.23. The zero-order chi connectivity index (χ0) is 22.6. The average Bonchev–Trinajstić information content (AvgIpc) is 3.44. The fourth-order valence-corrected chi connectivity index (χ4v) is 4.29. The Hall–Kier alpha value is -3.84. The summed E-state index contributed by atoms with van der Waals surface area (Å²) in [7, 11) is 0. The van der Waals surface area contributed by atoms with Crippen molar-refractivity contribution in [3.8, 4) is 22.4 Å². The number of fused-ring (bicyclic) bond motifs is 1. The second-order valence-electron chi connectivity index (χ2n) is 8.14. The van der Waals surface area contributed by atoms with Gasteiger partial charge in [-0.2, -0.15) is 5.10 Å². The Morgan fingerprint density at radius 2 is 1.64 bits per heavy atom. The maximum atomic E-state index is 13.5. The van der Waals surface area contributed by atoms with E-state index < -0.39 is 0 Å². The van der Waals surface area contributed by atoms with Crippen LogP contribution in [0.25, 0.3) is 22.4 Å². The molecular weight excluding hydrogens is 417 g/mol. The first kappa shape index (κ1) is 21.0. The van der Waals surface area contributed by atoms with Crippen LogP contribution in [-0.4, -0.2) is 38.7 Å². The molecule has 0 atom stereocenters. The molecule has 1 amide bonds. The fourth-order valence-electron chi connectivity index (χ4n) is 4.29. The highest BCUT2D eigenvalue weighted by Crippen LogP contribution is 2.32. The summed E-state index contributed by atoms with van der Waals surface area (Å²) < 4.78 is 15.4. The molecule has 2 aromatic heterocycles. The highest BCUT2D eigenvalue weighted by atomic mass is 19.1. The maximum Gasteiger partial charge on any atom is 0.234 e. The number of carbonyl (C=O) groups excluding carboxylic acids is 1. The van der Waals surface area contributed by atoms with E-state index in [-0.39, 0.29) is 11.7 Å². The Bertz CT molecular complexity index is 1230. The Kier molecular flexibility index (Phi) is 5.95. The lowest BCUT2D eigenvalue weighted by Crippen LogP contribution is -2.36. The molecule has 0 fully saturated rings. The van der Waals surface area contributed by atoms with Crippen LogP contribution in [0, 0.1) is 5.82 Å². The molecule has 6 nitrogen and oxygen atoms in total. The van der Waals surface area contributed by atoms with Gasteiger partial charge in [-0.15, -0.1) is 0 Å². The zero-order valence-electron chi connectivity index (χ0n) is 18.1. The van der Waals surface area contributed by atoms with E-state index in [1.54, 1.807) is 30.7 Å². The molecule has 0 bridgehead atoms. The third-order valence-electron chi connectivity index (χ3n) is 5.87. The van der Waals surface area contributed by atoms with Crippen LogP contribution in [0.5, 0.6) is 0 Å². The highest BCUT2D eigenvalue weighted by Gasteiger charge is 2.20. The van der Waals surface area contributed by atoms with Crippen LogP contribution in [0.3, 0.4) is 0 Å². The number of nitrogens with one attached hydrogen (secondary N) is 1. The molecule has 33 heavy (non-hydrogen) atoms. The molecule has 0 saturated heterocycles. The van der Waals surface area contributed by atoms with Crippen molar-refractivity contribution in [2.45, 2.75) is 19.6 Å². The Labute approximate surface area is 191 Å². The summed E-state index contributed by atoms with van der Waals surface area (Å²) in [6.45, 7) is 2.91. The Morgan fingerprint density at radius 3 is 2.33 bits per heavy atom. The SMILES string of the molecule is O=C(CN1Cc2ccccc2C1)NCCn1ncc(-c2ccncc2)c1-c1ccc(F)cc1. The average molecular weight is 442 g/mol. The van der Waals surface area contributed by atoms with Crippen molar-refractivity contribution in [3.05, 3.63) is 96.2 Å². The summed E-state index contributed by atoms with van der Waals surface area (Å²) in [5, 5.41) is 7.57. The van der Waals surface area contributed by atoms with Crippen LogP contribution in [-0.2, 0) is 24.4 Å². The molecule has 2 aromatic carbocycles. The number of carbonyl (C=O) groups is 1. The van der Waals surface area contributed by atoms with Crippen LogP contribution in [0.2, 0.25) is 0 Å².